The predicted octanol–water partition coefficient (Wildman–Crippen LogP) is 3.41. The van der Waals surface area contributed by atoms with Crippen molar-refractivity contribution in [3.63, 3.8) is 0 Å². The second kappa shape index (κ2) is 6.79. The topological polar surface area (TPSA) is 41.1 Å². The summed E-state index contributed by atoms with van der Waals surface area (Å²) in [5.74, 6) is -0.200. The molecule has 0 aromatic heterocycles. The molecule has 7 heteroatoms. The van der Waals surface area contributed by atoms with E-state index in [0.29, 0.717) is 12.2 Å². The zero-order valence-electron chi connectivity index (χ0n) is 10.3. The summed E-state index contributed by atoms with van der Waals surface area (Å²) in [6.45, 7) is 2.53. The summed E-state index contributed by atoms with van der Waals surface area (Å²) in [7, 11) is 0. The van der Waals surface area contributed by atoms with Crippen LogP contribution in [0, 0.1) is 0 Å². The minimum Gasteiger partial charge on any atom is -0.375 e. The monoisotopic (exact) mass is 338 g/mol. The molecule has 0 atom stereocenters. The van der Waals surface area contributed by atoms with Gasteiger partial charge in [-0.05, 0) is 40.5 Å². The third-order valence-corrected chi connectivity index (χ3v) is 2.96. The molecule has 0 aliphatic heterocycles. The van der Waals surface area contributed by atoms with E-state index in [2.05, 4.69) is 26.6 Å². The van der Waals surface area contributed by atoms with Crippen LogP contribution in [0.4, 0.5) is 18.9 Å². The number of carbonyl (C=O) groups excluding carboxylic acids is 1. The molecule has 1 rings (SSSR count). The smallest absolute Gasteiger partial charge is 0.375 e. The number of rotatable bonds is 5. The molecule has 1 aromatic carbocycles. The zero-order chi connectivity index (χ0) is 14.5. The summed E-state index contributed by atoms with van der Waals surface area (Å²) in [6, 6.07) is 3.24. The third kappa shape index (κ3) is 5.10. The van der Waals surface area contributed by atoms with Crippen LogP contribution in [0.15, 0.2) is 22.7 Å². The maximum atomic E-state index is 12.4. The molecule has 19 heavy (non-hydrogen) atoms. The molecule has 0 radical (unpaired) electrons. The van der Waals surface area contributed by atoms with Crippen LogP contribution in [0.2, 0.25) is 0 Å². The number of anilines is 1. The van der Waals surface area contributed by atoms with E-state index in [1.807, 2.05) is 6.92 Å². The molecule has 106 valence electrons. The highest BCUT2D eigenvalue weighted by atomic mass is 79.9. The van der Waals surface area contributed by atoms with E-state index in [-0.39, 0.29) is 16.9 Å². The summed E-state index contributed by atoms with van der Waals surface area (Å²) in [6.07, 6.45) is -3.55. The first kappa shape index (κ1) is 15.8. The summed E-state index contributed by atoms with van der Waals surface area (Å²) in [5, 5.41) is 5.43. The first-order chi connectivity index (χ1) is 8.84. The van der Waals surface area contributed by atoms with E-state index in [1.54, 1.807) is 0 Å². The standard InChI is InChI=1S/C12H14BrF3N2O/c1-2-5-17-11(19)7-18-10-4-3-8(6-9(10)13)12(14,15)16/h3-4,6,18H,2,5,7H2,1H3,(H,17,19). The van der Waals surface area contributed by atoms with Gasteiger partial charge in [-0.15, -0.1) is 0 Å². The van der Waals surface area contributed by atoms with Gasteiger partial charge in [-0.2, -0.15) is 13.2 Å². The lowest BCUT2D eigenvalue weighted by Gasteiger charge is -2.12. The minimum absolute atomic E-state index is 0.0178. The predicted molar refractivity (Wildman–Crippen MR) is 70.9 cm³/mol. The molecule has 0 saturated carbocycles. The Hall–Kier alpha value is -1.24. The van der Waals surface area contributed by atoms with Crippen LogP contribution in [0.25, 0.3) is 0 Å². The Morgan fingerprint density at radius 2 is 2.05 bits per heavy atom. The molecule has 0 saturated heterocycles. The zero-order valence-corrected chi connectivity index (χ0v) is 11.9. The van der Waals surface area contributed by atoms with Crippen molar-refractivity contribution in [3.8, 4) is 0 Å². The maximum Gasteiger partial charge on any atom is 0.416 e. The van der Waals surface area contributed by atoms with Crippen molar-refractivity contribution in [2.75, 3.05) is 18.4 Å². The van der Waals surface area contributed by atoms with Gasteiger partial charge in [0.05, 0.1) is 12.1 Å². The van der Waals surface area contributed by atoms with E-state index >= 15 is 0 Å². The Labute approximate surface area is 117 Å². The van der Waals surface area contributed by atoms with Crippen molar-refractivity contribution in [2.45, 2.75) is 19.5 Å². The lowest BCUT2D eigenvalue weighted by Crippen LogP contribution is -2.30. The van der Waals surface area contributed by atoms with E-state index in [1.165, 1.54) is 6.07 Å². The van der Waals surface area contributed by atoms with Crippen LogP contribution < -0.4 is 10.6 Å². The normalized spacial score (nSPS) is 11.2. The fourth-order valence-corrected chi connectivity index (χ4v) is 1.86. The van der Waals surface area contributed by atoms with Crippen molar-refractivity contribution in [3.05, 3.63) is 28.2 Å². The molecule has 1 amide bonds. The van der Waals surface area contributed by atoms with Gasteiger partial charge < -0.3 is 10.6 Å². The van der Waals surface area contributed by atoms with Gasteiger partial charge in [0.25, 0.3) is 0 Å². The second-order valence-electron chi connectivity index (χ2n) is 3.90. The van der Waals surface area contributed by atoms with Gasteiger partial charge in [-0.1, -0.05) is 6.92 Å². The maximum absolute atomic E-state index is 12.4. The molecule has 0 heterocycles. The highest BCUT2D eigenvalue weighted by molar-refractivity contribution is 9.10. The number of hydrogen-bond acceptors (Lipinski definition) is 2. The van der Waals surface area contributed by atoms with E-state index in [4.69, 9.17) is 0 Å². The SMILES string of the molecule is CCCNC(=O)CNc1ccc(C(F)(F)F)cc1Br. The highest BCUT2D eigenvalue weighted by Crippen LogP contribution is 2.33. The summed E-state index contributed by atoms with van der Waals surface area (Å²) in [5.41, 5.74) is -0.292. The Bertz CT molecular complexity index is 449. The average Bonchev–Trinajstić information content (AvgIpc) is 2.33. The first-order valence-corrected chi connectivity index (χ1v) is 6.51. The molecule has 2 N–H and O–H groups in total. The fraction of sp³-hybridized carbons (Fsp3) is 0.417. The van der Waals surface area contributed by atoms with Crippen LogP contribution in [0.3, 0.4) is 0 Å². The molecular weight excluding hydrogens is 325 g/mol. The van der Waals surface area contributed by atoms with Crippen molar-refractivity contribution >= 4 is 27.5 Å². The van der Waals surface area contributed by atoms with Crippen molar-refractivity contribution < 1.29 is 18.0 Å². The Morgan fingerprint density at radius 1 is 1.37 bits per heavy atom. The molecule has 0 unspecified atom stereocenters. The Kier molecular flexibility index (Phi) is 5.65. The largest absolute Gasteiger partial charge is 0.416 e. The van der Waals surface area contributed by atoms with E-state index < -0.39 is 11.7 Å². The minimum atomic E-state index is -4.38. The van der Waals surface area contributed by atoms with Gasteiger partial charge in [-0.25, -0.2) is 0 Å². The Morgan fingerprint density at radius 3 is 2.58 bits per heavy atom. The van der Waals surface area contributed by atoms with Gasteiger partial charge in [-0.3, -0.25) is 4.79 Å². The molecule has 1 aromatic rings. The molecule has 0 fully saturated rings. The van der Waals surface area contributed by atoms with Gasteiger partial charge in [0.1, 0.15) is 0 Å². The van der Waals surface area contributed by atoms with Crippen LogP contribution in [0.1, 0.15) is 18.9 Å². The van der Waals surface area contributed by atoms with Gasteiger partial charge in [0.2, 0.25) is 5.91 Å². The number of carbonyl (C=O) groups is 1. The van der Waals surface area contributed by atoms with Crippen molar-refractivity contribution in [2.24, 2.45) is 0 Å². The number of amides is 1. The van der Waals surface area contributed by atoms with Crippen LogP contribution >= 0.6 is 15.9 Å². The number of benzene rings is 1. The highest BCUT2D eigenvalue weighted by Gasteiger charge is 2.30. The molecule has 0 spiro atoms. The third-order valence-electron chi connectivity index (χ3n) is 2.31. The number of nitrogens with one attached hydrogen (secondary N) is 2. The molecule has 0 aliphatic rings. The lowest BCUT2D eigenvalue weighted by molar-refractivity contribution is -0.137. The average molecular weight is 339 g/mol. The molecular formula is C12H14BrF3N2O. The molecule has 0 bridgehead atoms. The molecule has 3 nitrogen and oxygen atoms in total. The lowest BCUT2D eigenvalue weighted by atomic mass is 10.2. The van der Waals surface area contributed by atoms with Crippen molar-refractivity contribution in [1.82, 2.24) is 5.32 Å². The van der Waals surface area contributed by atoms with E-state index in [9.17, 15) is 18.0 Å². The van der Waals surface area contributed by atoms with Crippen LogP contribution in [0.5, 0.6) is 0 Å². The van der Waals surface area contributed by atoms with Gasteiger partial charge >= 0.3 is 6.18 Å². The first-order valence-electron chi connectivity index (χ1n) is 5.72. The molecule has 0 aliphatic carbocycles. The Balaban J connectivity index is 2.63. The fourth-order valence-electron chi connectivity index (χ4n) is 1.34. The van der Waals surface area contributed by atoms with Crippen LogP contribution in [-0.2, 0) is 11.0 Å². The second-order valence-corrected chi connectivity index (χ2v) is 4.75. The van der Waals surface area contributed by atoms with Crippen molar-refractivity contribution in [1.29, 1.82) is 0 Å². The number of halogens is 4. The number of hydrogen-bond donors (Lipinski definition) is 2. The van der Waals surface area contributed by atoms with Gasteiger partial charge in [0, 0.05) is 16.7 Å². The number of alkyl halides is 3. The van der Waals surface area contributed by atoms with Crippen LogP contribution in [-0.4, -0.2) is 19.0 Å². The van der Waals surface area contributed by atoms with E-state index in [0.717, 1.165) is 18.6 Å². The summed E-state index contributed by atoms with van der Waals surface area (Å²) < 4.78 is 37.6. The summed E-state index contributed by atoms with van der Waals surface area (Å²) >= 11 is 3.05. The quantitative estimate of drug-likeness (QED) is 0.863. The van der Waals surface area contributed by atoms with Gasteiger partial charge in [0.15, 0.2) is 0 Å². The summed E-state index contributed by atoms with van der Waals surface area (Å²) in [4.78, 5) is 11.3.